The lowest BCUT2D eigenvalue weighted by Gasteiger charge is -2.18. The van der Waals surface area contributed by atoms with Gasteiger partial charge in [-0.25, -0.2) is 4.39 Å². The Hall–Kier alpha value is -0.890. The van der Waals surface area contributed by atoms with Crippen LogP contribution in [0, 0.1) is 5.82 Å². The lowest BCUT2D eigenvalue weighted by molar-refractivity contribution is 0.463. The van der Waals surface area contributed by atoms with Crippen molar-refractivity contribution in [1.29, 1.82) is 0 Å². The molecule has 0 aliphatic carbocycles. The first kappa shape index (κ1) is 15.2. The number of nitrogens with one attached hydrogen (secondary N) is 1. The number of hydrogen-bond acceptors (Lipinski definition) is 1. The van der Waals surface area contributed by atoms with Gasteiger partial charge >= 0.3 is 0 Å². The smallest absolute Gasteiger partial charge is 0.123 e. The number of likely N-dealkylation sites (N-methyl/N-ethyl adjacent to an activating group) is 1. The molecule has 0 aromatic heterocycles. The van der Waals surface area contributed by atoms with Gasteiger partial charge in [0.2, 0.25) is 0 Å². The second-order valence-electron chi connectivity index (χ2n) is 4.93. The summed E-state index contributed by atoms with van der Waals surface area (Å²) in [6.45, 7) is 5.38. The first-order chi connectivity index (χ1) is 8.76. The van der Waals surface area contributed by atoms with Crippen molar-refractivity contribution in [2.75, 3.05) is 6.54 Å². The van der Waals surface area contributed by atoms with Gasteiger partial charge in [-0.3, -0.25) is 0 Å². The zero-order chi connectivity index (χ0) is 13.2. The molecule has 0 amide bonds. The summed E-state index contributed by atoms with van der Waals surface area (Å²) in [5, 5.41) is 3.53. The number of hydrogen-bond donors (Lipinski definition) is 1. The van der Waals surface area contributed by atoms with Crippen molar-refractivity contribution in [3.05, 3.63) is 35.6 Å². The highest BCUT2D eigenvalue weighted by Gasteiger charge is 2.08. The Morgan fingerprint density at radius 2 is 1.78 bits per heavy atom. The monoisotopic (exact) mass is 251 g/mol. The number of unbranched alkanes of at least 4 members (excludes halogenated alkanes) is 3. The Kier molecular flexibility index (Phi) is 7.66. The van der Waals surface area contributed by atoms with E-state index in [2.05, 4.69) is 19.2 Å². The summed E-state index contributed by atoms with van der Waals surface area (Å²) in [4.78, 5) is 0. The summed E-state index contributed by atoms with van der Waals surface area (Å²) >= 11 is 0. The first-order valence-electron chi connectivity index (χ1n) is 7.24. The molecule has 0 aliphatic heterocycles. The highest BCUT2D eigenvalue weighted by atomic mass is 19.1. The normalized spacial score (nSPS) is 12.6. The average Bonchev–Trinajstić information content (AvgIpc) is 2.37. The summed E-state index contributed by atoms with van der Waals surface area (Å²) < 4.78 is 12.8. The topological polar surface area (TPSA) is 12.0 Å². The van der Waals surface area contributed by atoms with E-state index in [4.69, 9.17) is 0 Å². The van der Waals surface area contributed by atoms with Gasteiger partial charge in [-0.1, -0.05) is 51.7 Å². The van der Waals surface area contributed by atoms with Crippen molar-refractivity contribution in [2.24, 2.45) is 0 Å². The molecule has 0 radical (unpaired) electrons. The number of halogens is 1. The van der Waals surface area contributed by atoms with Gasteiger partial charge in [0.1, 0.15) is 5.82 Å². The lowest BCUT2D eigenvalue weighted by Crippen LogP contribution is -2.30. The molecule has 1 rings (SSSR count). The van der Waals surface area contributed by atoms with Crippen LogP contribution in [0.1, 0.15) is 51.5 Å². The third-order valence-corrected chi connectivity index (χ3v) is 3.29. The maximum atomic E-state index is 12.8. The van der Waals surface area contributed by atoms with Crippen molar-refractivity contribution >= 4 is 0 Å². The molecular formula is C16H26FN. The summed E-state index contributed by atoms with van der Waals surface area (Å²) in [6, 6.07) is 7.42. The van der Waals surface area contributed by atoms with E-state index in [9.17, 15) is 4.39 Å². The zero-order valence-corrected chi connectivity index (χ0v) is 11.7. The van der Waals surface area contributed by atoms with Gasteiger partial charge < -0.3 is 5.32 Å². The van der Waals surface area contributed by atoms with E-state index in [-0.39, 0.29) is 5.82 Å². The van der Waals surface area contributed by atoms with Crippen LogP contribution in [0.2, 0.25) is 0 Å². The first-order valence-corrected chi connectivity index (χ1v) is 7.24. The fourth-order valence-corrected chi connectivity index (χ4v) is 2.29. The summed E-state index contributed by atoms with van der Waals surface area (Å²) in [7, 11) is 0. The average molecular weight is 251 g/mol. The molecule has 1 atom stereocenters. The number of benzene rings is 1. The largest absolute Gasteiger partial charge is 0.314 e. The Morgan fingerprint density at radius 1 is 1.06 bits per heavy atom. The molecule has 0 heterocycles. The molecule has 0 saturated heterocycles. The molecule has 0 saturated carbocycles. The van der Waals surface area contributed by atoms with Crippen molar-refractivity contribution in [2.45, 2.75) is 58.4 Å². The molecule has 1 aromatic rings. The fraction of sp³-hybridized carbons (Fsp3) is 0.625. The minimum atomic E-state index is -0.151. The maximum absolute atomic E-state index is 12.8. The minimum absolute atomic E-state index is 0.151. The van der Waals surface area contributed by atoms with Crippen molar-refractivity contribution in [3.63, 3.8) is 0 Å². The molecule has 0 spiro atoms. The Labute approximate surface area is 111 Å². The third kappa shape index (κ3) is 6.15. The quantitative estimate of drug-likeness (QED) is 0.645. The Morgan fingerprint density at radius 3 is 2.39 bits per heavy atom. The lowest BCUT2D eigenvalue weighted by atomic mass is 10.00. The molecule has 0 bridgehead atoms. The van der Waals surface area contributed by atoms with Crippen LogP contribution in [0.15, 0.2) is 24.3 Å². The summed E-state index contributed by atoms with van der Waals surface area (Å²) in [5.41, 5.74) is 1.22. The van der Waals surface area contributed by atoms with Crippen LogP contribution in [0.25, 0.3) is 0 Å². The molecule has 0 fully saturated rings. The van der Waals surface area contributed by atoms with Gasteiger partial charge in [0.25, 0.3) is 0 Å². The van der Waals surface area contributed by atoms with Crippen LogP contribution in [0.3, 0.4) is 0 Å². The standard InChI is InChI=1S/C16H26FN/c1-3-5-6-7-8-16(18-4-2)13-14-9-11-15(17)12-10-14/h9-12,16,18H,3-8,13H2,1-2H3. The Bertz CT molecular complexity index is 307. The molecule has 0 aliphatic rings. The van der Waals surface area contributed by atoms with Gasteiger partial charge in [0, 0.05) is 6.04 Å². The highest BCUT2D eigenvalue weighted by molar-refractivity contribution is 5.17. The van der Waals surface area contributed by atoms with E-state index in [0.29, 0.717) is 6.04 Å². The zero-order valence-electron chi connectivity index (χ0n) is 11.7. The fourth-order valence-electron chi connectivity index (χ4n) is 2.29. The van der Waals surface area contributed by atoms with E-state index < -0.39 is 0 Å². The van der Waals surface area contributed by atoms with Crippen molar-refractivity contribution in [1.82, 2.24) is 5.32 Å². The predicted octanol–water partition coefficient (Wildman–Crippen LogP) is 4.32. The Balaban J connectivity index is 2.38. The van der Waals surface area contributed by atoms with Gasteiger partial charge in [-0.2, -0.15) is 0 Å². The maximum Gasteiger partial charge on any atom is 0.123 e. The molecule has 2 heteroatoms. The number of rotatable bonds is 9. The summed E-state index contributed by atoms with van der Waals surface area (Å²) in [5.74, 6) is -0.151. The van der Waals surface area contributed by atoms with Crippen molar-refractivity contribution < 1.29 is 4.39 Å². The van der Waals surface area contributed by atoms with Crippen LogP contribution >= 0.6 is 0 Å². The molecule has 102 valence electrons. The second kappa shape index (κ2) is 9.09. The molecule has 1 nitrogen and oxygen atoms in total. The van der Waals surface area contributed by atoms with E-state index in [1.807, 2.05) is 12.1 Å². The molecule has 1 N–H and O–H groups in total. The van der Waals surface area contributed by atoms with Crippen LogP contribution in [-0.4, -0.2) is 12.6 Å². The van der Waals surface area contributed by atoms with Gasteiger partial charge in [-0.15, -0.1) is 0 Å². The van der Waals surface area contributed by atoms with Crippen LogP contribution in [0.4, 0.5) is 4.39 Å². The molecular weight excluding hydrogens is 225 g/mol. The van der Waals surface area contributed by atoms with E-state index in [0.717, 1.165) is 13.0 Å². The van der Waals surface area contributed by atoms with Gasteiger partial charge in [0.15, 0.2) is 0 Å². The van der Waals surface area contributed by atoms with E-state index in [1.54, 1.807) is 12.1 Å². The molecule has 18 heavy (non-hydrogen) atoms. The summed E-state index contributed by atoms with van der Waals surface area (Å²) in [6.07, 6.45) is 7.43. The van der Waals surface area contributed by atoms with Crippen LogP contribution in [-0.2, 0) is 6.42 Å². The highest BCUT2D eigenvalue weighted by Crippen LogP contribution is 2.11. The van der Waals surface area contributed by atoms with E-state index >= 15 is 0 Å². The van der Waals surface area contributed by atoms with Crippen LogP contribution in [0.5, 0.6) is 0 Å². The third-order valence-electron chi connectivity index (χ3n) is 3.29. The van der Waals surface area contributed by atoms with Gasteiger partial charge in [-0.05, 0) is 37.1 Å². The van der Waals surface area contributed by atoms with E-state index in [1.165, 1.54) is 37.7 Å². The van der Waals surface area contributed by atoms with Crippen LogP contribution < -0.4 is 5.32 Å². The minimum Gasteiger partial charge on any atom is -0.314 e. The van der Waals surface area contributed by atoms with Gasteiger partial charge in [0.05, 0.1) is 0 Å². The van der Waals surface area contributed by atoms with Crippen molar-refractivity contribution in [3.8, 4) is 0 Å². The molecule has 1 aromatic carbocycles. The molecule has 1 unspecified atom stereocenters. The second-order valence-corrected chi connectivity index (χ2v) is 4.93. The SMILES string of the molecule is CCCCCCC(Cc1ccc(F)cc1)NCC. The predicted molar refractivity (Wildman–Crippen MR) is 76.3 cm³/mol.